The Bertz CT molecular complexity index is 306. The van der Waals surface area contributed by atoms with Gasteiger partial charge in [0.2, 0.25) is 11.8 Å². The van der Waals surface area contributed by atoms with Crippen molar-refractivity contribution < 1.29 is 9.59 Å². The maximum Gasteiger partial charge on any atom is 0.239 e. The molecule has 2 aliphatic rings. The van der Waals surface area contributed by atoms with Gasteiger partial charge in [0, 0.05) is 32.1 Å². The third-order valence-corrected chi connectivity index (χ3v) is 3.56. The van der Waals surface area contributed by atoms with Crippen LogP contribution in [0.4, 0.5) is 0 Å². The molecular formula is C11H19N3O2. The smallest absolute Gasteiger partial charge is 0.239 e. The Labute approximate surface area is 95.6 Å². The van der Waals surface area contributed by atoms with Crippen LogP contribution < -0.4 is 5.73 Å². The molecule has 5 heteroatoms. The van der Waals surface area contributed by atoms with Gasteiger partial charge in [-0.3, -0.25) is 9.59 Å². The molecule has 0 aromatic heterocycles. The molecule has 2 rings (SSSR count). The largest absolute Gasteiger partial charge is 0.338 e. The van der Waals surface area contributed by atoms with Crippen molar-refractivity contribution in [2.75, 3.05) is 19.6 Å². The van der Waals surface area contributed by atoms with Gasteiger partial charge in [0.05, 0.1) is 6.04 Å². The molecule has 2 heterocycles. The van der Waals surface area contributed by atoms with Crippen LogP contribution in [-0.4, -0.2) is 53.3 Å². The summed E-state index contributed by atoms with van der Waals surface area (Å²) in [6.45, 7) is 3.89. The molecule has 2 aliphatic heterocycles. The number of piperazine rings is 1. The van der Waals surface area contributed by atoms with Gasteiger partial charge in [0.25, 0.3) is 0 Å². The molecule has 90 valence electrons. The Balaban J connectivity index is 1.96. The molecule has 0 spiro atoms. The van der Waals surface area contributed by atoms with E-state index in [9.17, 15) is 9.59 Å². The second-order valence-corrected chi connectivity index (χ2v) is 4.58. The van der Waals surface area contributed by atoms with Crippen LogP contribution in [0.2, 0.25) is 0 Å². The average molecular weight is 225 g/mol. The Kier molecular flexibility index (Phi) is 3.14. The maximum absolute atomic E-state index is 11.9. The lowest BCUT2D eigenvalue weighted by Gasteiger charge is -2.38. The van der Waals surface area contributed by atoms with E-state index in [0.717, 1.165) is 6.42 Å². The molecule has 0 bridgehead atoms. The molecule has 5 nitrogen and oxygen atoms in total. The molecule has 0 radical (unpaired) electrons. The van der Waals surface area contributed by atoms with E-state index in [-0.39, 0.29) is 23.9 Å². The molecule has 0 aromatic carbocycles. The Morgan fingerprint density at radius 2 is 2.31 bits per heavy atom. The lowest BCUT2D eigenvalue weighted by Crippen LogP contribution is -2.56. The minimum absolute atomic E-state index is 0.0292. The normalized spacial score (nSPS) is 26.9. The third-order valence-electron chi connectivity index (χ3n) is 3.56. The Hall–Kier alpha value is -1.10. The number of carbonyl (C=O) groups excluding carboxylic acids is 2. The zero-order valence-electron chi connectivity index (χ0n) is 9.69. The van der Waals surface area contributed by atoms with Crippen molar-refractivity contribution in [1.82, 2.24) is 9.80 Å². The van der Waals surface area contributed by atoms with Crippen LogP contribution in [0.15, 0.2) is 0 Å². The molecule has 0 aromatic rings. The predicted octanol–water partition coefficient (Wildman–Crippen LogP) is -0.443. The summed E-state index contributed by atoms with van der Waals surface area (Å²) in [5.74, 6) is 0.262. The first-order chi connectivity index (χ1) is 7.63. The molecule has 0 saturated carbocycles. The standard InChI is InChI=1S/C11H19N3O2/c1-2-9(12)11(16)13-5-6-14-8(7-13)3-4-10(14)15/h8-9H,2-7,12H2,1H3. The van der Waals surface area contributed by atoms with E-state index in [4.69, 9.17) is 5.73 Å². The number of fused-ring (bicyclic) bond motifs is 1. The van der Waals surface area contributed by atoms with E-state index in [2.05, 4.69) is 0 Å². The summed E-state index contributed by atoms with van der Waals surface area (Å²) in [7, 11) is 0. The topological polar surface area (TPSA) is 66.6 Å². The number of hydrogen-bond donors (Lipinski definition) is 1. The van der Waals surface area contributed by atoms with Crippen molar-refractivity contribution in [3.05, 3.63) is 0 Å². The monoisotopic (exact) mass is 225 g/mol. The molecule has 2 unspecified atom stereocenters. The molecule has 2 fully saturated rings. The lowest BCUT2D eigenvalue weighted by molar-refractivity contribution is -0.139. The van der Waals surface area contributed by atoms with Crippen LogP contribution in [0.3, 0.4) is 0 Å². The summed E-state index contributed by atoms with van der Waals surface area (Å²) in [5, 5.41) is 0. The number of nitrogens with two attached hydrogens (primary N) is 1. The van der Waals surface area contributed by atoms with Gasteiger partial charge in [0.15, 0.2) is 0 Å². The van der Waals surface area contributed by atoms with Crippen LogP contribution in [0.25, 0.3) is 0 Å². The summed E-state index contributed by atoms with van der Waals surface area (Å²) >= 11 is 0. The van der Waals surface area contributed by atoms with Crippen LogP contribution >= 0.6 is 0 Å². The summed E-state index contributed by atoms with van der Waals surface area (Å²) < 4.78 is 0. The van der Waals surface area contributed by atoms with Crippen molar-refractivity contribution in [2.24, 2.45) is 5.73 Å². The van der Waals surface area contributed by atoms with Gasteiger partial charge in [-0.05, 0) is 12.8 Å². The minimum atomic E-state index is -0.386. The summed E-state index contributed by atoms with van der Waals surface area (Å²) in [4.78, 5) is 27.1. The predicted molar refractivity (Wildman–Crippen MR) is 59.6 cm³/mol. The van der Waals surface area contributed by atoms with E-state index in [1.165, 1.54) is 0 Å². The first-order valence-electron chi connectivity index (χ1n) is 5.97. The SMILES string of the molecule is CCC(N)C(=O)N1CCN2C(=O)CCC2C1. The maximum atomic E-state index is 11.9. The van der Waals surface area contributed by atoms with Gasteiger partial charge in [0.1, 0.15) is 0 Å². The van der Waals surface area contributed by atoms with Gasteiger partial charge in [-0.15, -0.1) is 0 Å². The number of nitrogens with zero attached hydrogens (tertiary/aromatic N) is 2. The first-order valence-corrected chi connectivity index (χ1v) is 5.97. The highest BCUT2D eigenvalue weighted by Crippen LogP contribution is 2.23. The molecule has 2 amide bonds. The third kappa shape index (κ3) is 1.91. The molecule has 2 atom stereocenters. The van der Waals surface area contributed by atoms with Crippen LogP contribution in [-0.2, 0) is 9.59 Å². The highest BCUT2D eigenvalue weighted by atomic mass is 16.2. The molecular weight excluding hydrogens is 206 g/mol. The number of amides is 2. The van der Waals surface area contributed by atoms with Crippen LogP contribution in [0.5, 0.6) is 0 Å². The fraction of sp³-hybridized carbons (Fsp3) is 0.818. The van der Waals surface area contributed by atoms with E-state index < -0.39 is 0 Å². The van der Waals surface area contributed by atoms with Crippen LogP contribution in [0.1, 0.15) is 26.2 Å². The molecule has 2 N–H and O–H groups in total. The van der Waals surface area contributed by atoms with Crippen molar-refractivity contribution in [2.45, 2.75) is 38.3 Å². The lowest BCUT2D eigenvalue weighted by atomic mass is 10.1. The molecule has 2 saturated heterocycles. The van der Waals surface area contributed by atoms with Gasteiger partial charge in [-0.2, -0.15) is 0 Å². The fourth-order valence-corrected chi connectivity index (χ4v) is 2.47. The van der Waals surface area contributed by atoms with Gasteiger partial charge < -0.3 is 15.5 Å². The Morgan fingerprint density at radius 3 is 3.00 bits per heavy atom. The fourth-order valence-electron chi connectivity index (χ4n) is 2.47. The zero-order chi connectivity index (χ0) is 11.7. The summed E-state index contributed by atoms with van der Waals surface area (Å²) in [6, 6.07) is -0.155. The minimum Gasteiger partial charge on any atom is -0.338 e. The Morgan fingerprint density at radius 1 is 1.56 bits per heavy atom. The van der Waals surface area contributed by atoms with Crippen molar-refractivity contribution in [3.63, 3.8) is 0 Å². The van der Waals surface area contributed by atoms with E-state index >= 15 is 0 Å². The van der Waals surface area contributed by atoms with E-state index in [1.807, 2.05) is 16.7 Å². The highest BCUT2D eigenvalue weighted by molar-refractivity contribution is 5.83. The summed E-state index contributed by atoms with van der Waals surface area (Å²) in [6.07, 6.45) is 2.18. The number of rotatable bonds is 2. The molecule has 0 aliphatic carbocycles. The quantitative estimate of drug-likeness (QED) is 0.692. The van der Waals surface area contributed by atoms with Gasteiger partial charge in [-0.1, -0.05) is 6.92 Å². The van der Waals surface area contributed by atoms with Gasteiger partial charge >= 0.3 is 0 Å². The van der Waals surface area contributed by atoms with Crippen molar-refractivity contribution in [1.29, 1.82) is 0 Å². The van der Waals surface area contributed by atoms with Gasteiger partial charge in [-0.25, -0.2) is 0 Å². The molecule has 16 heavy (non-hydrogen) atoms. The number of hydrogen-bond acceptors (Lipinski definition) is 3. The average Bonchev–Trinajstić information content (AvgIpc) is 2.68. The second kappa shape index (κ2) is 4.41. The van der Waals surface area contributed by atoms with E-state index in [1.54, 1.807) is 0 Å². The number of carbonyl (C=O) groups is 2. The zero-order valence-corrected chi connectivity index (χ0v) is 9.69. The highest BCUT2D eigenvalue weighted by Gasteiger charge is 2.37. The van der Waals surface area contributed by atoms with Crippen LogP contribution in [0, 0.1) is 0 Å². The van der Waals surface area contributed by atoms with E-state index in [0.29, 0.717) is 32.5 Å². The van der Waals surface area contributed by atoms with Crippen molar-refractivity contribution >= 4 is 11.8 Å². The summed E-state index contributed by atoms with van der Waals surface area (Å²) in [5.41, 5.74) is 5.74. The van der Waals surface area contributed by atoms with Crippen molar-refractivity contribution in [3.8, 4) is 0 Å². The first kappa shape index (κ1) is 11.4. The second-order valence-electron chi connectivity index (χ2n) is 4.58.